The summed E-state index contributed by atoms with van der Waals surface area (Å²) in [6.45, 7) is 5.23. The average Bonchev–Trinajstić information content (AvgIpc) is 2.72. The third-order valence-electron chi connectivity index (χ3n) is 2.94. The van der Waals surface area contributed by atoms with Crippen molar-refractivity contribution < 1.29 is 4.79 Å². The van der Waals surface area contributed by atoms with Gasteiger partial charge in [0.1, 0.15) is 0 Å². The summed E-state index contributed by atoms with van der Waals surface area (Å²) < 4.78 is 0. The molecule has 1 rings (SSSR count). The predicted octanol–water partition coefficient (Wildman–Crippen LogP) is 2.43. The van der Waals surface area contributed by atoms with E-state index in [-0.39, 0.29) is 11.2 Å². The first-order valence-corrected chi connectivity index (χ1v) is 6.72. The summed E-state index contributed by atoms with van der Waals surface area (Å²) in [6.07, 6.45) is 4.59. The summed E-state index contributed by atoms with van der Waals surface area (Å²) >= 11 is 1.81. The molecule has 14 heavy (non-hydrogen) atoms. The van der Waals surface area contributed by atoms with Gasteiger partial charge in [0.2, 0.25) is 5.91 Å². The van der Waals surface area contributed by atoms with E-state index in [1.54, 1.807) is 11.8 Å². The lowest BCUT2D eigenvalue weighted by Gasteiger charge is -2.15. The number of nitrogens with one attached hydrogen (secondary N) is 1. The second kappa shape index (κ2) is 6.33. The van der Waals surface area contributed by atoms with Crippen LogP contribution in [0.1, 0.15) is 39.5 Å². The number of thioether (sulfide) groups is 1. The molecule has 0 aromatic heterocycles. The molecule has 1 amide bonds. The lowest BCUT2D eigenvalue weighted by Crippen LogP contribution is -2.34. The first kappa shape index (κ1) is 11.9. The third-order valence-corrected chi connectivity index (χ3v) is 4.32. The summed E-state index contributed by atoms with van der Waals surface area (Å²) in [6, 6.07) is 0. The van der Waals surface area contributed by atoms with Gasteiger partial charge in [-0.1, -0.05) is 26.7 Å². The lowest BCUT2D eigenvalue weighted by molar-refractivity contribution is -0.120. The van der Waals surface area contributed by atoms with E-state index in [4.69, 9.17) is 0 Å². The smallest absolute Gasteiger partial charge is 0.233 e. The van der Waals surface area contributed by atoms with Crippen LogP contribution in [-0.2, 0) is 4.79 Å². The van der Waals surface area contributed by atoms with Crippen molar-refractivity contribution in [1.82, 2.24) is 5.32 Å². The number of hydrogen-bond donors (Lipinski definition) is 1. The van der Waals surface area contributed by atoms with Crippen molar-refractivity contribution >= 4 is 17.7 Å². The zero-order valence-electron chi connectivity index (χ0n) is 9.21. The summed E-state index contributed by atoms with van der Waals surface area (Å²) in [4.78, 5) is 11.6. The van der Waals surface area contributed by atoms with Gasteiger partial charge in [-0.05, 0) is 24.5 Å². The highest BCUT2D eigenvalue weighted by molar-refractivity contribution is 8.00. The highest BCUT2D eigenvalue weighted by Gasteiger charge is 2.23. The van der Waals surface area contributed by atoms with Crippen LogP contribution in [0, 0.1) is 5.92 Å². The van der Waals surface area contributed by atoms with Crippen LogP contribution in [0.5, 0.6) is 0 Å². The molecule has 1 aliphatic rings. The Kier molecular flexibility index (Phi) is 5.38. The van der Waals surface area contributed by atoms with Crippen LogP contribution in [0.25, 0.3) is 0 Å². The first-order chi connectivity index (χ1) is 6.77. The summed E-state index contributed by atoms with van der Waals surface area (Å²) in [5.41, 5.74) is 0. The molecule has 1 atom stereocenters. The first-order valence-electron chi connectivity index (χ1n) is 5.67. The minimum Gasteiger partial charge on any atom is -0.355 e. The molecule has 3 heteroatoms. The maximum Gasteiger partial charge on any atom is 0.233 e. The van der Waals surface area contributed by atoms with Gasteiger partial charge in [0.05, 0.1) is 5.25 Å². The molecule has 0 aromatic rings. The van der Waals surface area contributed by atoms with E-state index in [9.17, 15) is 4.79 Å². The third kappa shape index (κ3) is 3.52. The second-order valence-corrected chi connectivity index (χ2v) is 5.24. The molecule has 0 radical (unpaired) electrons. The monoisotopic (exact) mass is 215 g/mol. The Hall–Kier alpha value is -0.180. The van der Waals surface area contributed by atoms with E-state index < -0.39 is 0 Å². The minimum atomic E-state index is 0.240. The predicted molar refractivity (Wildman–Crippen MR) is 62.6 cm³/mol. The fourth-order valence-corrected chi connectivity index (χ4v) is 2.91. The Labute approximate surface area is 91.2 Å². The maximum absolute atomic E-state index is 11.6. The SMILES string of the molecule is CCC(CC)CNC(=O)C1CCCS1. The van der Waals surface area contributed by atoms with Crippen LogP contribution in [0.3, 0.4) is 0 Å². The molecule has 1 N–H and O–H groups in total. The highest BCUT2D eigenvalue weighted by Crippen LogP contribution is 2.26. The zero-order valence-corrected chi connectivity index (χ0v) is 10.0. The fraction of sp³-hybridized carbons (Fsp3) is 0.909. The topological polar surface area (TPSA) is 29.1 Å². The van der Waals surface area contributed by atoms with Gasteiger partial charge in [0.25, 0.3) is 0 Å². The molecule has 0 saturated carbocycles. The number of amides is 1. The minimum absolute atomic E-state index is 0.240. The van der Waals surface area contributed by atoms with E-state index in [1.165, 1.54) is 6.42 Å². The van der Waals surface area contributed by atoms with Crippen molar-refractivity contribution in [1.29, 1.82) is 0 Å². The molecule has 1 saturated heterocycles. The molecule has 1 aliphatic heterocycles. The van der Waals surface area contributed by atoms with Gasteiger partial charge in [0.15, 0.2) is 0 Å². The van der Waals surface area contributed by atoms with E-state index >= 15 is 0 Å². The number of rotatable bonds is 5. The molecule has 1 fully saturated rings. The van der Waals surface area contributed by atoms with Crippen LogP contribution in [0.4, 0.5) is 0 Å². The van der Waals surface area contributed by atoms with Crippen molar-refractivity contribution in [2.24, 2.45) is 5.92 Å². The van der Waals surface area contributed by atoms with E-state index in [1.807, 2.05) is 0 Å². The Bertz CT molecular complexity index is 174. The van der Waals surface area contributed by atoms with Gasteiger partial charge in [-0.3, -0.25) is 4.79 Å². The van der Waals surface area contributed by atoms with Gasteiger partial charge in [-0.2, -0.15) is 0 Å². The molecule has 1 unspecified atom stereocenters. The van der Waals surface area contributed by atoms with Gasteiger partial charge >= 0.3 is 0 Å². The molecule has 82 valence electrons. The quantitative estimate of drug-likeness (QED) is 0.763. The highest BCUT2D eigenvalue weighted by atomic mass is 32.2. The largest absolute Gasteiger partial charge is 0.355 e. The Morgan fingerprint density at radius 1 is 1.50 bits per heavy atom. The van der Waals surface area contributed by atoms with Crippen molar-refractivity contribution in [3.8, 4) is 0 Å². The van der Waals surface area contributed by atoms with Gasteiger partial charge < -0.3 is 5.32 Å². The molecule has 2 nitrogen and oxygen atoms in total. The molecule has 0 bridgehead atoms. The normalized spacial score (nSPS) is 21.5. The van der Waals surface area contributed by atoms with Gasteiger partial charge in [-0.25, -0.2) is 0 Å². The van der Waals surface area contributed by atoms with Crippen molar-refractivity contribution in [2.45, 2.75) is 44.8 Å². The maximum atomic E-state index is 11.6. The number of carbonyl (C=O) groups excluding carboxylic acids is 1. The van der Waals surface area contributed by atoms with Gasteiger partial charge in [-0.15, -0.1) is 11.8 Å². The Morgan fingerprint density at radius 3 is 2.71 bits per heavy atom. The van der Waals surface area contributed by atoms with E-state index in [2.05, 4.69) is 19.2 Å². The molecule has 0 aliphatic carbocycles. The van der Waals surface area contributed by atoms with Crippen LogP contribution in [0.15, 0.2) is 0 Å². The van der Waals surface area contributed by atoms with Crippen LogP contribution < -0.4 is 5.32 Å². The summed E-state index contributed by atoms with van der Waals surface area (Å²) in [7, 11) is 0. The molecular formula is C11H21NOS. The molecular weight excluding hydrogens is 194 g/mol. The average molecular weight is 215 g/mol. The van der Waals surface area contributed by atoms with Crippen molar-refractivity contribution in [3.63, 3.8) is 0 Å². The summed E-state index contributed by atoms with van der Waals surface area (Å²) in [5, 5.41) is 3.31. The van der Waals surface area contributed by atoms with Crippen LogP contribution in [0.2, 0.25) is 0 Å². The van der Waals surface area contributed by atoms with Crippen molar-refractivity contribution in [3.05, 3.63) is 0 Å². The number of hydrogen-bond acceptors (Lipinski definition) is 2. The van der Waals surface area contributed by atoms with E-state index in [0.717, 1.165) is 31.6 Å². The molecule has 0 aromatic carbocycles. The molecule has 0 spiro atoms. The standard InChI is InChI=1S/C11H21NOS/c1-3-9(4-2)8-12-11(13)10-6-5-7-14-10/h9-10H,3-8H2,1-2H3,(H,12,13). The second-order valence-electron chi connectivity index (χ2n) is 3.93. The van der Waals surface area contributed by atoms with E-state index in [0.29, 0.717) is 5.92 Å². The lowest BCUT2D eigenvalue weighted by atomic mass is 10.0. The van der Waals surface area contributed by atoms with Crippen molar-refractivity contribution in [2.75, 3.05) is 12.3 Å². The summed E-state index contributed by atoms with van der Waals surface area (Å²) in [5.74, 6) is 2.08. The Balaban J connectivity index is 2.19. The zero-order chi connectivity index (χ0) is 10.4. The molecule has 1 heterocycles. The number of carbonyl (C=O) groups is 1. The Morgan fingerprint density at radius 2 is 2.21 bits per heavy atom. The van der Waals surface area contributed by atoms with Gasteiger partial charge in [0, 0.05) is 6.54 Å². The fourth-order valence-electron chi connectivity index (χ4n) is 1.72. The van der Waals surface area contributed by atoms with Crippen LogP contribution >= 0.6 is 11.8 Å². The van der Waals surface area contributed by atoms with Crippen LogP contribution in [-0.4, -0.2) is 23.5 Å².